The summed E-state index contributed by atoms with van der Waals surface area (Å²) in [6, 6.07) is 1.59. The van der Waals surface area contributed by atoms with Gasteiger partial charge >= 0.3 is 0 Å². The molecule has 1 aliphatic rings. The number of aromatic nitrogens is 2. The van der Waals surface area contributed by atoms with E-state index in [1.165, 1.54) is 0 Å². The fourth-order valence-corrected chi connectivity index (χ4v) is 1.91. The highest BCUT2D eigenvalue weighted by Gasteiger charge is 2.18. The first-order chi connectivity index (χ1) is 7.77. The number of amides is 1. The second-order valence-corrected chi connectivity index (χ2v) is 4.27. The molecule has 1 fully saturated rings. The number of rotatable bonds is 4. The van der Waals surface area contributed by atoms with E-state index in [2.05, 4.69) is 15.7 Å². The Morgan fingerprint density at radius 2 is 2.39 bits per heavy atom. The van der Waals surface area contributed by atoms with E-state index >= 15 is 0 Å². The summed E-state index contributed by atoms with van der Waals surface area (Å²) in [6.07, 6.45) is 4.64. The maximum Gasteiger partial charge on any atom is 0.244 e. The molecule has 1 amide bonds. The molecule has 0 bridgehead atoms. The van der Waals surface area contributed by atoms with Crippen LogP contribution in [0.4, 0.5) is 0 Å². The van der Waals surface area contributed by atoms with E-state index in [0.717, 1.165) is 26.1 Å². The molecule has 2 rings (SSSR count). The van der Waals surface area contributed by atoms with Crippen molar-refractivity contribution in [2.75, 3.05) is 19.6 Å². The molecule has 5 nitrogen and oxygen atoms in total. The quantitative estimate of drug-likeness (QED) is 0.871. The second kappa shape index (κ2) is 8.34. The Hall–Kier alpha value is -0.780. The third kappa shape index (κ3) is 4.48. The van der Waals surface area contributed by atoms with Gasteiger partial charge in [-0.1, -0.05) is 0 Å². The standard InChI is InChI=1S/C11H18N4O.2ClH/c1-9(15-6-2-4-14-15)11(16)13-8-10-3-5-12-7-10;;/h2,4,6,9-10,12H,3,5,7-8H2,1H3,(H,13,16);2*1H. The zero-order chi connectivity index (χ0) is 11.4. The van der Waals surface area contributed by atoms with Crippen LogP contribution in [-0.4, -0.2) is 35.3 Å². The first-order valence-corrected chi connectivity index (χ1v) is 5.75. The van der Waals surface area contributed by atoms with Crippen LogP contribution in [0.15, 0.2) is 18.5 Å². The maximum absolute atomic E-state index is 11.8. The van der Waals surface area contributed by atoms with Crippen molar-refractivity contribution in [1.82, 2.24) is 20.4 Å². The van der Waals surface area contributed by atoms with Gasteiger partial charge in [0.1, 0.15) is 6.04 Å². The summed E-state index contributed by atoms with van der Waals surface area (Å²) in [5, 5.41) is 10.3. The van der Waals surface area contributed by atoms with Crippen LogP contribution in [0.1, 0.15) is 19.4 Å². The SMILES string of the molecule is CC(C(=O)NCC1CCNC1)n1cccn1.Cl.Cl. The predicted octanol–water partition coefficient (Wildman–Crippen LogP) is 1.01. The lowest BCUT2D eigenvalue weighted by Crippen LogP contribution is -2.35. The van der Waals surface area contributed by atoms with E-state index in [9.17, 15) is 4.79 Å². The van der Waals surface area contributed by atoms with E-state index in [1.807, 2.05) is 13.0 Å². The van der Waals surface area contributed by atoms with Gasteiger partial charge in [0.25, 0.3) is 0 Å². The monoisotopic (exact) mass is 294 g/mol. The smallest absolute Gasteiger partial charge is 0.244 e. The Labute approximate surface area is 120 Å². The van der Waals surface area contributed by atoms with Gasteiger partial charge in [0.05, 0.1) is 0 Å². The van der Waals surface area contributed by atoms with Crippen LogP contribution in [0.5, 0.6) is 0 Å². The largest absolute Gasteiger partial charge is 0.354 e. The zero-order valence-electron chi connectivity index (χ0n) is 10.3. The molecular formula is C11H20Cl2N4O. The molecule has 2 heterocycles. The van der Waals surface area contributed by atoms with Crippen molar-refractivity contribution in [3.05, 3.63) is 18.5 Å². The molecule has 2 N–H and O–H groups in total. The number of nitrogens with one attached hydrogen (secondary N) is 2. The molecule has 2 atom stereocenters. The van der Waals surface area contributed by atoms with Crippen LogP contribution >= 0.6 is 24.8 Å². The van der Waals surface area contributed by atoms with Gasteiger partial charge in [0.15, 0.2) is 0 Å². The number of carbonyl (C=O) groups excluding carboxylic acids is 1. The predicted molar refractivity (Wildman–Crippen MR) is 75.4 cm³/mol. The molecule has 1 aromatic heterocycles. The molecule has 1 saturated heterocycles. The lowest BCUT2D eigenvalue weighted by Gasteiger charge is -2.14. The molecule has 1 aliphatic heterocycles. The normalized spacial score (nSPS) is 19.5. The van der Waals surface area contributed by atoms with Crippen molar-refractivity contribution in [2.24, 2.45) is 5.92 Å². The van der Waals surface area contributed by atoms with Crippen molar-refractivity contribution in [3.63, 3.8) is 0 Å². The number of carbonyl (C=O) groups is 1. The van der Waals surface area contributed by atoms with Gasteiger partial charge < -0.3 is 10.6 Å². The first-order valence-electron chi connectivity index (χ1n) is 5.75. The summed E-state index contributed by atoms with van der Waals surface area (Å²) in [6.45, 7) is 4.69. The molecule has 1 aromatic rings. The van der Waals surface area contributed by atoms with Crippen molar-refractivity contribution >= 4 is 30.7 Å². The van der Waals surface area contributed by atoms with E-state index in [0.29, 0.717) is 5.92 Å². The van der Waals surface area contributed by atoms with Crippen LogP contribution in [-0.2, 0) is 4.79 Å². The molecule has 7 heteroatoms. The molecule has 0 spiro atoms. The lowest BCUT2D eigenvalue weighted by molar-refractivity contribution is -0.124. The second-order valence-electron chi connectivity index (χ2n) is 4.27. The van der Waals surface area contributed by atoms with Crippen LogP contribution in [0.3, 0.4) is 0 Å². The molecule has 2 unspecified atom stereocenters. The van der Waals surface area contributed by atoms with Gasteiger partial charge in [-0.05, 0) is 38.4 Å². The summed E-state index contributed by atoms with van der Waals surface area (Å²) in [5.74, 6) is 0.615. The summed E-state index contributed by atoms with van der Waals surface area (Å²) in [7, 11) is 0. The average molecular weight is 295 g/mol. The number of nitrogens with zero attached hydrogens (tertiary/aromatic N) is 2. The van der Waals surface area contributed by atoms with Crippen LogP contribution in [0, 0.1) is 5.92 Å². The highest BCUT2D eigenvalue weighted by molar-refractivity contribution is 5.85. The summed E-state index contributed by atoms with van der Waals surface area (Å²) in [5.41, 5.74) is 0. The van der Waals surface area contributed by atoms with Gasteiger partial charge in [0.2, 0.25) is 5.91 Å². The van der Waals surface area contributed by atoms with Gasteiger partial charge in [-0.3, -0.25) is 9.48 Å². The summed E-state index contributed by atoms with van der Waals surface area (Å²) < 4.78 is 1.67. The van der Waals surface area contributed by atoms with E-state index in [-0.39, 0.29) is 36.8 Å². The third-order valence-electron chi connectivity index (χ3n) is 3.03. The Balaban J connectivity index is 0.00000144. The van der Waals surface area contributed by atoms with Gasteiger partial charge in [-0.15, -0.1) is 24.8 Å². The first kappa shape index (κ1) is 17.2. The topological polar surface area (TPSA) is 59.0 Å². The fraction of sp³-hybridized carbons (Fsp3) is 0.636. The summed E-state index contributed by atoms with van der Waals surface area (Å²) >= 11 is 0. The lowest BCUT2D eigenvalue weighted by atomic mass is 10.1. The van der Waals surface area contributed by atoms with Crippen LogP contribution in [0.2, 0.25) is 0 Å². The molecule has 0 radical (unpaired) electrons. The van der Waals surface area contributed by atoms with Gasteiger partial charge in [-0.2, -0.15) is 5.10 Å². The molecule has 104 valence electrons. The minimum Gasteiger partial charge on any atom is -0.354 e. The van der Waals surface area contributed by atoms with Crippen molar-refractivity contribution in [2.45, 2.75) is 19.4 Å². The van der Waals surface area contributed by atoms with Gasteiger partial charge in [-0.25, -0.2) is 0 Å². The Kier molecular flexibility index (Phi) is 7.98. The summed E-state index contributed by atoms with van der Waals surface area (Å²) in [4.78, 5) is 11.8. The van der Waals surface area contributed by atoms with Crippen LogP contribution in [0.25, 0.3) is 0 Å². The molecular weight excluding hydrogens is 275 g/mol. The minimum atomic E-state index is -0.232. The molecule has 0 saturated carbocycles. The van der Waals surface area contributed by atoms with Crippen molar-refractivity contribution in [3.8, 4) is 0 Å². The number of hydrogen-bond acceptors (Lipinski definition) is 3. The number of hydrogen-bond donors (Lipinski definition) is 2. The highest BCUT2D eigenvalue weighted by Crippen LogP contribution is 2.07. The fourth-order valence-electron chi connectivity index (χ4n) is 1.91. The highest BCUT2D eigenvalue weighted by atomic mass is 35.5. The number of halogens is 2. The van der Waals surface area contributed by atoms with E-state index in [4.69, 9.17) is 0 Å². The molecule has 0 aromatic carbocycles. The maximum atomic E-state index is 11.8. The average Bonchev–Trinajstić information content (AvgIpc) is 2.96. The molecule has 18 heavy (non-hydrogen) atoms. The minimum absolute atomic E-state index is 0. The molecule has 0 aliphatic carbocycles. The van der Waals surface area contributed by atoms with E-state index in [1.54, 1.807) is 17.1 Å². The van der Waals surface area contributed by atoms with Crippen molar-refractivity contribution in [1.29, 1.82) is 0 Å². The van der Waals surface area contributed by atoms with E-state index < -0.39 is 0 Å². The Morgan fingerprint density at radius 3 is 2.94 bits per heavy atom. The van der Waals surface area contributed by atoms with Gasteiger partial charge in [0, 0.05) is 18.9 Å². The zero-order valence-corrected chi connectivity index (χ0v) is 12.0. The van der Waals surface area contributed by atoms with Crippen LogP contribution < -0.4 is 10.6 Å². The Morgan fingerprint density at radius 1 is 1.61 bits per heavy atom. The Bertz CT molecular complexity index is 339. The third-order valence-corrected chi connectivity index (χ3v) is 3.03. The van der Waals surface area contributed by atoms with Crippen molar-refractivity contribution < 1.29 is 4.79 Å².